The van der Waals surface area contributed by atoms with Crippen molar-refractivity contribution in [1.82, 2.24) is 9.88 Å². The van der Waals surface area contributed by atoms with E-state index < -0.39 is 0 Å². The predicted octanol–water partition coefficient (Wildman–Crippen LogP) is 3.12. The largest absolute Gasteiger partial charge is 0.495 e. The number of thiazole rings is 1. The Hall–Kier alpha value is -1.79. The molecule has 0 saturated carbocycles. The molecule has 1 heterocycles. The second-order valence-corrected chi connectivity index (χ2v) is 6.25. The smallest absolute Gasteiger partial charge is 0.253 e. The zero-order chi connectivity index (χ0) is 15.4. The average Bonchev–Trinajstić information content (AvgIpc) is 2.89. The van der Waals surface area contributed by atoms with E-state index >= 15 is 0 Å². The minimum atomic E-state index is -0.0541. The first-order valence-corrected chi connectivity index (χ1v) is 7.44. The lowest BCUT2D eigenvalue weighted by atomic mass is 10.1. The molecule has 1 aromatic heterocycles. The highest BCUT2D eigenvalue weighted by Crippen LogP contribution is 2.27. The lowest BCUT2D eigenvalue weighted by Gasteiger charge is -2.14. The van der Waals surface area contributed by atoms with Gasteiger partial charge >= 0.3 is 0 Å². The molecule has 21 heavy (non-hydrogen) atoms. The molecule has 1 aromatic carbocycles. The number of nitrogens with zero attached hydrogens (tertiary/aromatic N) is 2. The number of amides is 1. The topological polar surface area (TPSA) is 54.5 Å². The molecule has 0 aliphatic carbocycles. The van der Waals surface area contributed by atoms with Crippen molar-refractivity contribution in [1.29, 1.82) is 0 Å². The maximum Gasteiger partial charge on any atom is 0.253 e. The molecule has 0 saturated heterocycles. The van der Waals surface area contributed by atoms with Gasteiger partial charge in [0.25, 0.3) is 5.91 Å². The zero-order valence-electron chi connectivity index (χ0n) is 12.0. The number of anilines is 1. The summed E-state index contributed by atoms with van der Waals surface area (Å²) in [4.78, 5) is 18.5. The van der Waals surface area contributed by atoms with E-state index in [1.165, 1.54) is 16.2 Å². The number of carbonyl (C=O) groups excluding carboxylic acids is 1. The Balaban J connectivity index is 2.19. The van der Waals surface area contributed by atoms with Gasteiger partial charge in [-0.1, -0.05) is 11.6 Å². The molecular formula is C14H16ClN3O2S. The van der Waals surface area contributed by atoms with Gasteiger partial charge < -0.3 is 15.0 Å². The molecule has 1 N–H and O–H groups in total. The summed E-state index contributed by atoms with van der Waals surface area (Å²) in [5, 5.41) is 3.24. The van der Waals surface area contributed by atoms with Crippen molar-refractivity contribution >= 4 is 34.5 Å². The van der Waals surface area contributed by atoms with Crippen molar-refractivity contribution < 1.29 is 9.53 Å². The first-order valence-electron chi connectivity index (χ1n) is 6.25. The van der Waals surface area contributed by atoms with Gasteiger partial charge in [-0.3, -0.25) is 4.79 Å². The number of methoxy groups -OCH3 is 1. The zero-order valence-corrected chi connectivity index (χ0v) is 13.6. The van der Waals surface area contributed by atoms with Crippen LogP contribution in [0.1, 0.15) is 15.2 Å². The number of hydrogen-bond donors (Lipinski definition) is 1. The Morgan fingerprint density at radius 1 is 1.48 bits per heavy atom. The molecule has 112 valence electrons. The normalized spacial score (nSPS) is 10.3. The fraction of sp³-hybridized carbons (Fsp3) is 0.286. The van der Waals surface area contributed by atoms with Crippen LogP contribution in [0.25, 0.3) is 0 Å². The molecule has 2 rings (SSSR count). The van der Waals surface area contributed by atoms with Crippen LogP contribution in [0.15, 0.2) is 24.4 Å². The van der Waals surface area contributed by atoms with Crippen LogP contribution in [0.3, 0.4) is 0 Å². The van der Waals surface area contributed by atoms with Crippen LogP contribution in [0.2, 0.25) is 4.47 Å². The van der Waals surface area contributed by atoms with Gasteiger partial charge in [-0.25, -0.2) is 4.98 Å². The number of benzene rings is 1. The molecule has 0 radical (unpaired) electrons. The van der Waals surface area contributed by atoms with Crippen LogP contribution in [-0.2, 0) is 6.54 Å². The predicted molar refractivity (Wildman–Crippen MR) is 85.5 cm³/mol. The third-order valence-electron chi connectivity index (χ3n) is 2.83. The van der Waals surface area contributed by atoms with Crippen molar-refractivity contribution in [2.24, 2.45) is 0 Å². The number of hydrogen-bond acceptors (Lipinski definition) is 5. The summed E-state index contributed by atoms with van der Waals surface area (Å²) in [5.41, 5.74) is 1.36. The first kappa shape index (κ1) is 15.6. The van der Waals surface area contributed by atoms with Crippen molar-refractivity contribution in [3.05, 3.63) is 39.3 Å². The molecule has 1 amide bonds. The minimum absolute atomic E-state index is 0.0541. The van der Waals surface area contributed by atoms with Crippen LogP contribution in [0.5, 0.6) is 5.75 Å². The van der Waals surface area contributed by atoms with Crippen molar-refractivity contribution in [3.63, 3.8) is 0 Å². The molecule has 0 aliphatic heterocycles. The van der Waals surface area contributed by atoms with Crippen LogP contribution in [-0.4, -0.2) is 37.0 Å². The lowest BCUT2D eigenvalue weighted by molar-refractivity contribution is 0.0827. The van der Waals surface area contributed by atoms with E-state index in [0.29, 0.717) is 22.3 Å². The van der Waals surface area contributed by atoms with Gasteiger partial charge in [0.05, 0.1) is 19.3 Å². The molecule has 5 nitrogen and oxygen atoms in total. The third kappa shape index (κ3) is 3.86. The summed E-state index contributed by atoms with van der Waals surface area (Å²) < 4.78 is 5.82. The highest BCUT2D eigenvalue weighted by Gasteiger charge is 2.12. The van der Waals surface area contributed by atoms with Gasteiger partial charge in [0.1, 0.15) is 5.75 Å². The summed E-state index contributed by atoms with van der Waals surface area (Å²) in [6.45, 7) is 0.570. The molecule has 0 fully saturated rings. The maximum atomic E-state index is 12.0. The number of carbonyl (C=O) groups is 1. The lowest BCUT2D eigenvalue weighted by Crippen LogP contribution is -2.21. The highest BCUT2D eigenvalue weighted by molar-refractivity contribution is 7.15. The average molecular weight is 326 g/mol. The highest BCUT2D eigenvalue weighted by atomic mass is 35.5. The molecule has 0 aliphatic rings. The van der Waals surface area contributed by atoms with E-state index in [9.17, 15) is 4.79 Å². The first-order chi connectivity index (χ1) is 10.0. The minimum Gasteiger partial charge on any atom is -0.495 e. The second kappa shape index (κ2) is 6.78. The summed E-state index contributed by atoms with van der Waals surface area (Å²) >= 11 is 7.22. The Labute approximate surface area is 132 Å². The van der Waals surface area contributed by atoms with E-state index in [0.717, 1.165) is 10.6 Å². The number of halogens is 1. The maximum absolute atomic E-state index is 12.0. The van der Waals surface area contributed by atoms with Gasteiger partial charge in [0.15, 0.2) is 4.47 Å². The van der Waals surface area contributed by atoms with Gasteiger partial charge in [0, 0.05) is 30.7 Å². The molecule has 0 bridgehead atoms. The monoisotopic (exact) mass is 325 g/mol. The van der Waals surface area contributed by atoms with Gasteiger partial charge in [-0.2, -0.15) is 0 Å². The van der Waals surface area contributed by atoms with E-state index in [2.05, 4.69) is 10.3 Å². The standard InChI is InChI=1S/C14H16ClN3O2S/c1-18(2)13(19)9-4-5-12(20-3)11(6-9)16-7-10-8-17-14(15)21-10/h4-6,8,16H,7H2,1-3H3. The molecular weight excluding hydrogens is 310 g/mol. The third-order valence-corrected chi connectivity index (χ3v) is 3.95. The number of nitrogens with one attached hydrogen (secondary N) is 1. The Morgan fingerprint density at radius 3 is 2.81 bits per heavy atom. The van der Waals surface area contributed by atoms with E-state index in [1.54, 1.807) is 45.6 Å². The quantitative estimate of drug-likeness (QED) is 0.917. The fourth-order valence-corrected chi connectivity index (χ4v) is 2.70. The van der Waals surface area contributed by atoms with Gasteiger partial charge in [-0.15, -0.1) is 11.3 Å². The Morgan fingerprint density at radius 2 is 2.24 bits per heavy atom. The SMILES string of the molecule is COc1ccc(C(=O)N(C)C)cc1NCc1cnc(Cl)s1. The van der Waals surface area contributed by atoms with E-state index in [-0.39, 0.29) is 5.91 Å². The molecule has 0 spiro atoms. The van der Waals surface area contributed by atoms with E-state index in [4.69, 9.17) is 16.3 Å². The molecule has 0 atom stereocenters. The van der Waals surface area contributed by atoms with Gasteiger partial charge in [0.2, 0.25) is 0 Å². The van der Waals surface area contributed by atoms with Crippen molar-refractivity contribution in [2.45, 2.75) is 6.54 Å². The molecule has 7 heteroatoms. The van der Waals surface area contributed by atoms with Crippen LogP contribution >= 0.6 is 22.9 Å². The van der Waals surface area contributed by atoms with Crippen LogP contribution < -0.4 is 10.1 Å². The summed E-state index contributed by atoms with van der Waals surface area (Å²) in [5.74, 6) is 0.627. The van der Waals surface area contributed by atoms with Crippen LogP contribution in [0.4, 0.5) is 5.69 Å². The Bertz CT molecular complexity index is 643. The fourth-order valence-electron chi connectivity index (χ4n) is 1.79. The molecule has 0 unspecified atom stereocenters. The summed E-state index contributed by atoms with van der Waals surface area (Å²) in [6, 6.07) is 5.30. The molecule has 2 aromatic rings. The van der Waals surface area contributed by atoms with Crippen molar-refractivity contribution in [3.8, 4) is 5.75 Å². The second-order valence-electron chi connectivity index (χ2n) is 4.55. The summed E-state index contributed by atoms with van der Waals surface area (Å²) in [6.07, 6.45) is 1.72. The number of aromatic nitrogens is 1. The van der Waals surface area contributed by atoms with Crippen LogP contribution in [0, 0.1) is 0 Å². The summed E-state index contributed by atoms with van der Waals surface area (Å²) in [7, 11) is 5.04. The number of rotatable bonds is 5. The Kier molecular flexibility index (Phi) is 5.03. The van der Waals surface area contributed by atoms with E-state index in [1.807, 2.05) is 0 Å². The number of ether oxygens (including phenoxy) is 1. The van der Waals surface area contributed by atoms with Gasteiger partial charge in [-0.05, 0) is 18.2 Å². The van der Waals surface area contributed by atoms with Crippen molar-refractivity contribution in [2.75, 3.05) is 26.5 Å².